The number of esters is 1. The second-order valence-electron chi connectivity index (χ2n) is 4.30. The maximum absolute atomic E-state index is 11.5. The molecule has 0 aliphatic heterocycles. The molecule has 2 aromatic rings. The first kappa shape index (κ1) is 13.9. The molecular formula is C16H16N2O2. The first-order valence-electron chi connectivity index (χ1n) is 6.44. The van der Waals surface area contributed by atoms with Gasteiger partial charge in [-0.2, -0.15) is 10.2 Å². The van der Waals surface area contributed by atoms with E-state index in [0.29, 0.717) is 17.9 Å². The molecule has 4 heteroatoms. The van der Waals surface area contributed by atoms with Crippen LogP contribution in [-0.4, -0.2) is 12.6 Å². The lowest BCUT2D eigenvalue weighted by Gasteiger charge is -2.01. The molecule has 0 bridgehead atoms. The summed E-state index contributed by atoms with van der Waals surface area (Å²) in [5, 5.41) is 8.26. The zero-order chi connectivity index (χ0) is 14.4. The Hall–Kier alpha value is -2.49. The van der Waals surface area contributed by atoms with E-state index in [1.807, 2.05) is 31.2 Å². The third kappa shape index (κ3) is 3.75. The van der Waals surface area contributed by atoms with Crippen molar-refractivity contribution >= 4 is 17.3 Å². The Balaban J connectivity index is 2.07. The molecule has 0 unspecified atom stereocenters. The molecule has 20 heavy (non-hydrogen) atoms. The van der Waals surface area contributed by atoms with Gasteiger partial charge in [-0.25, -0.2) is 4.79 Å². The molecule has 0 N–H and O–H groups in total. The molecule has 0 saturated heterocycles. The quantitative estimate of drug-likeness (QED) is 0.601. The number of ether oxygens (including phenoxy) is 1. The molecule has 0 amide bonds. The van der Waals surface area contributed by atoms with Crippen LogP contribution in [0.2, 0.25) is 0 Å². The number of azo groups is 1. The van der Waals surface area contributed by atoms with Crippen molar-refractivity contribution < 1.29 is 9.53 Å². The Morgan fingerprint density at radius 1 is 0.950 bits per heavy atom. The van der Waals surface area contributed by atoms with Crippen molar-refractivity contribution in [2.75, 3.05) is 6.61 Å². The van der Waals surface area contributed by atoms with Gasteiger partial charge in [-0.3, -0.25) is 0 Å². The maximum atomic E-state index is 11.5. The van der Waals surface area contributed by atoms with Crippen LogP contribution in [0.5, 0.6) is 0 Å². The molecule has 4 nitrogen and oxygen atoms in total. The molecule has 0 aromatic heterocycles. The lowest BCUT2D eigenvalue weighted by molar-refractivity contribution is 0.0526. The molecular weight excluding hydrogens is 252 g/mol. The summed E-state index contributed by atoms with van der Waals surface area (Å²) < 4.78 is 4.92. The minimum absolute atomic E-state index is 0.325. The summed E-state index contributed by atoms with van der Waals surface area (Å²) in [6, 6.07) is 14.6. The van der Waals surface area contributed by atoms with Crippen LogP contribution >= 0.6 is 0 Å². The average molecular weight is 268 g/mol. The van der Waals surface area contributed by atoms with E-state index in [0.717, 1.165) is 5.69 Å². The lowest BCUT2D eigenvalue weighted by Crippen LogP contribution is -2.03. The standard InChI is InChI=1S/C16H16N2O2/c1-3-20-16(19)13-6-10-15(11-7-13)18-17-14-8-4-12(2)5-9-14/h4-11H,3H2,1-2H3. The normalized spacial score (nSPS) is 10.7. The van der Waals surface area contributed by atoms with Gasteiger partial charge in [0.15, 0.2) is 0 Å². The van der Waals surface area contributed by atoms with Gasteiger partial charge in [0.2, 0.25) is 0 Å². The fourth-order valence-corrected chi connectivity index (χ4v) is 1.61. The van der Waals surface area contributed by atoms with Gasteiger partial charge in [-0.1, -0.05) is 17.7 Å². The Morgan fingerprint density at radius 2 is 1.45 bits per heavy atom. The first-order chi connectivity index (χ1) is 9.69. The molecule has 0 aliphatic carbocycles. The lowest BCUT2D eigenvalue weighted by atomic mass is 10.2. The number of nitrogens with zero attached hydrogens (tertiary/aromatic N) is 2. The predicted molar refractivity (Wildman–Crippen MR) is 77.8 cm³/mol. The van der Waals surface area contributed by atoms with Gasteiger partial charge in [-0.05, 0) is 50.2 Å². The second kappa shape index (κ2) is 6.61. The van der Waals surface area contributed by atoms with E-state index in [4.69, 9.17) is 4.74 Å². The highest BCUT2D eigenvalue weighted by Gasteiger charge is 2.04. The van der Waals surface area contributed by atoms with E-state index >= 15 is 0 Å². The van der Waals surface area contributed by atoms with Crippen LogP contribution in [0.1, 0.15) is 22.8 Å². The Morgan fingerprint density at radius 3 is 1.95 bits per heavy atom. The third-order valence-electron chi connectivity index (χ3n) is 2.69. The van der Waals surface area contributed by atoms with E-state index in [-0.39, 0.29) is 5.97 Å². The molecule has 0 atom stereocenters. The summed E-state index contributed by atoms with van der Waals surface area (Å²) in [5.74, 6) is -0.325. The monoisotopic (exact) mass is 268 g/mol. The fourth-order valence-electron chi connectivity index (χ4n) is 1.61. The largest absolute Gasteiger partial charge is 0.462 e. The van der Waals surface area contributed by atoms with E-state index < -0.39 is 0 Å². The van der Waals surface area contributed by atoms with Crippen LogP contribution in [0.3, 0.4) is 0 Å². The van der Waals surface area contributed by atoms with E-state index in [1.54, 1.807) is 31.2 Å². The highest BCUT2D eigenvalue weighted by molar-refractivity contribution is 5.89. The van der Waals surface area contributed by atoms with Crippen LogP contribution in [0, 0.1) is 6.92 Å². The van der Waals surface area contributed by atoms with Crippen molar-refractivity contribution in [3.8, 4) is 0 Å². The van der Waals surface area contributed by atoms with Gasteiger partial charge in [0.1, 0.15) is 0 Å². The highest BCUT2D eigenvalue weighted by atomic mass is 16.5. The van der Waals surface area contributed by atoms with Crippen molar-refractivity contribution in [3.05, 3.63) is 59.7 Å². The maximum Gasteiger partial charge on any atom is 0.338 e. The summed E-state index contributed by atoms with van der Waals surface area (Å²) >= 11 is 0. The zero-order valence-electron chi connectivity index (χ0n) is 11.5. The average Bonchev–Trinajstić information content (AvgIpc) is 2.47. The molecule has 0 heterocycles. The van der Waals surface area contributed by atoms with Crippen molar-refractivity contribution in [2.45, 2.75) is 13.8 Å². The van der Waals surface area contributed by atoms with Gasteiger partial charge in [0.25, 0.3) is 0 Å². The van der Waals surface area contributed by atoms with Gasteiger partial charge >= 0.3 is 5.97 Å². The summed E-state index contributed by atoms with van der Waals surface area (Å²) in [4.78, 5) is 11.5. The Kier molecular flexibility index (Phi) is 4.60. The predicted octanol–water partition coefficient (Wildman–Crippen LogP) is 4.59. The molecule has 102 valence electrons. The minimum Gasteiger partial charge on any atom is -0.462 e. The topological polar surface area (TPSA) is 51.0 Å². The van der Waals surface area contributed by atoms with Gasteiger partial charge in [0, 0.05) is 0 Å². The number of aryl methyl sites for hydroxylation is 1. The second-order valence-corrected chi connectivity index (χ2v) is 4.30. The van der Waals surface area contributed by atoms with Gasteiger partial charge < -0.3 is 4.74 Å². The minimum atomic E-state index is -0.325. The number of hydrogen-bond acceptors (Lipinski definition) is 4. The van der Waals surface area contributed by atoms with Crippen LogP contribution in [0.4, 0.5) is 11.4 Å². The smallest absolute Gasteiger partial charge is 0.338 e. The van der Waals surface area contributed by atoms with Gasteiger partial charge in [0.05, 0.1) is 23.5 Å². The van der Waals surface area contributed by atoms with Crippen LogP contribution in [0.25, 0.3) is 0 Å². The van der Waals surface area contributed by atoms with Crippen molar-refractivity contribution in [1.82, 2.24) is 0 Å². The van der Waals surface area contributed by atoms with E-state index in [9.17, 15) is 4.79 Å². The van der Waals surface area contributed by atoms with Crippen LogP contribution in [0.15, 0.2) is 58.8 Å². The molecule has 0 radical (unpaired) electrons. The molecule has 2 rings (SSSR count). The van der Waals surface area contributed by atoms with Crippen LogP contribution in [-0.2, 0) is 4.74 Å². The van der Waals surface area contributed by atoms with Gasteiger partial charge in [-0.15, -0.1) is 0 Å². The summed E-state index contributed by atoms with van der Waals surface area (Å²) in [6.45, 7) is 4.17. The van der Waals surface area contributed by atoms with Crippen LogP contribution < -0.4 is 0 Å². The van der Waals surface area contributed by atoms with E-state index in [1.165, 1.54) is 5.56 Å². The highest BCUT2D eigenvalue weighted by Crippen LogP contribution is 2.19. The third-order valence-corrected chi connectivity index (χ3v) is 2.69. The summed E-state index contributed by atoms with van der Waals surface area (Å²) in [5.41, 5.74) is 3.19. The molecule has 0 saturated carbocycles. The summed E-state index contributed by atoms with van der Waals surface area (Å²) in [6.07, 6.45) is 0. The number of carbonyl (C=O) groups excluding carboxylic acids is 1. The van der Waals surface area contributed by atoms with E-state index in [2.05, 4.69) is 10.2 Å². The number of carbonyl (C=O) groups is 1. The van der Waals surface area contributed by atoms with Crippen molar-refractivity contribution in [1.29, 1.82) is 0 Å². The van der Waals surface area contributed by atoms with Crippen molar-refractivity contribution in [3.63, 3.8) is 0 Å². The molecule has 0 fully saturated rings. The summed E-state index contributed by atoms with van der Waals surface area (Å²) in [7, 11) is 0. The molecule has 0 spiro atoms. The Labute approximate surface area is 118 Å². The Bertz CT molecular complexity index is 601. The first-order valence-corrected chi connectivity index (χ1v) is 6.44. The fraction of sp³-hybridized carbons (Fsp3) is 0.188. The number of rotatable bonds is 4. The zero-order valence-corrected chi connectivity index (χ0v) is 11.5. The van der Waals surface area contributed by atoms with Crippen molar-refractivity contribution in [2.24, 2.45) is 10.2 Å². The number of benzene rings is 2. The molecule has 2 aromatic carbocycles. The molecule has 0 aliphatic rings. The number of hydrogen-bond donors (Lipinski definition) is 0. The SMILES string of the molecule is CCOC(=O)c1ccc(N=Nc2ccc(C)cc2)cc1.